The van der Waals surface area contributed by atoms with E-state index in [-0.39, 0.29) is 0 Å². The average Bonchev–Trinajstić information content (AvgIpc) is 2.57. The van der Waals surface area contributed by atoms with Crippen molar-refractivity contribution in [3.05, 3.63) is 22.7 Å². The third kappa shape index (κ3) is 3.91. The van der Waals surface area contributed by atoms with Gasteiger partial charge in [0.15, 0.2) is 0 Å². The maximum absolute atomic E-state index is 5.28. The first-order chi connectivity index (χ1) is 8.28. The molecule has 0 bridgehead atoms. The summed E-state index contributed by atoms with van der Waals surface area (Å²) in [5, 5.41) is 3.63. The van der Waals surface area contributed by atoms with E-state index in [9.17, 15) is 0 Å². The molecule has 1 saturated carbocycles. The van der Waals surface area contributed by atoms with Crippen molar-refractivity contribution < 1.29 is 4.74 Å². The van der Waals surface area contributed by atoms with E-state index in [0.717, 1.165) is 15.9 Å². The van der Waals surface area contributed by atoms with Crippen LogP contribution in [0.2, 0.25) is 0 Å². The molecule has 2 nitrogen and oxygen atoms in total. The lowest BCUT2D eigenvalue weighted by atomic mass is 10.1. The van der Waals surface area contributed by atoms with Gasteiger partial charge in [-0.05, 0) is 25.0 Å². The van der Waals surface area contributed by atoms with Crippen LogP contribution in [0.5, 0.6) is 5.75 Å². The molecule has 0 spiro atoms. The highest BCUT2D eigenvalue weighted by atomic mass is 79.9. The van der Waals surface area contributed by atoms with Crippen LogP contribution in [0.1, 0.15) is 38.5 Å². The smallest absolute Gasteiger partial charge is 0.122 e. The van der Waals surface area contributed by atoms with Crippen LogP contribution in [0.25, 0.3) is 0 Å². The summed E-state index contributed by atoms with van der Waals surface area (Å²) in [6.07, 6.45) is 8.05. The van der Waals surface area contributed by atoms with Gasteiger partial charge in [0, 0.05) is 22.3 Å². The van der Waals surface area contributed by atoms with Gasteiger partial charge in [0.1, 0.15) is 5.75 Å². The van der Waals surface area contributed by atoms with E-state index < -0.39 is 0 Å². The molecule has 0 radical (unpaired) electrons. The fourth-order valence-corrected chi connectivity index (χ4v) is 2.90. The van der Waals surface area contributed by atoms with Crippen LogP contribution >= 0.6 is 15.9 Å². The zero-order valence-electron chi connectivity index (χ0n) is 10.3. The van der Waals surface area contributed by atoms with E-state index in [4.69, 9.17) is 4.74 Å². The fraction of sp³-hybridized carbons (Fsp3) is 0.571. The molecule has 3 heteroatoms. The maximum atomic E-state index is 5.28. The van der Waals surface area contributed by atoms with E-state index in [1.165, 1.54) is 38.5 Å². The van der Waals surface area contributed by atoms with E-state index in [1.54, 1.807) is 7.11 Å². The number of rotatable bonds is 3. The number of hydrogen-bond donors (Lipinski definition) is 1. The van der Waals surface area contributed by atoms with Gasteiger partial charge in [0.2, 0.25) is 0 Å². The summed E-state index contributed by atoms with van der Waals surface area (Å²) in [6.45, 7) is 0. The van der Waals surface area contributed by atoms with Crippen molar-refractivity contribution in [2.45, 2.75) is 44.6 Å². The van der Waals surface area contributed by atoms with Crippen molar-refractivity contribution >= 4 is 21.6 Å². The highest BCUT2D eigenvalue weighted by molar-refractivity contribution is 9.10. The Morgan fingerprint density at radius 3 is 2.47 bits per heavy atom. The van der Waals surface area contributed by atoms with Crippen LogP contribution in [-0.4, -0.2) is 13.2 Å². The summed E-state index contributed by atoms with van der Waals surface area (Å²) >= 11 is 3.51. The Bertz CT molecular complexity index is 359. The van der Waals surface area contributed by atoms with Gasteiger partial charge >= 0.3 is 0 Å². The van der Waals surface area contributed by atoms with Crippen molar-refractivity contribution in [3.63, 3.8) is 0 Å². The van der Waals surface area contributed by atoms with Gasteiger partial charge in [-0.2, -0.15) is 0 Å². The number of benzene rings is 1. The zero-order chi connectivity index (χ0) is 12.1. The first-order valence-corrected chi connectivity index (χ1v) is 7.18. The van der Waals surface area contributed by atoms with Crippen LogP contribution in [0.3, 0.4) is 0 Å². The van der Waals surface area contributed by atoms with E-state index >= 15 is 0 Å². The molecule has 0 saturated heterocycles. The van der Waals surface area contributed by atoms with Gasteiger partial charge in [-0.25, -0.2) is 0 Å². The summed E-state index contributed by atoms with van der Waals surface area (Å²) in [5.41, 5.74) is 1.16. The van der Waals surface area contributed by atoms with E-state index in [0.29, 0.717) is 6.04 Å². The Hall–Kier alpha value is -0.700. The first-order valence-electron chi connectivity index (χ1n) is 6.39. The number of nitrogens with one attached hydrogen (secondary N) is 1. The summed E-state index contributed by atoms with van der Waals surface area (Å²) in [6, 6.07) is 6.79. The Morgan fingerprint density at radius 2 is 1.82 bits per heavy atom. The van der Waals surface area contributed by atoms with Gasteiger partial charge in [-0.15, -0.1) is 0 Å². The summed E-state index contributed by atoms with van der Waals surface area (Å²) in [4.78, 5) is 0. The Labute approximate surface area is 112 Å². The van der Waals surface area contributed by atoms with Gasteiger partial charge in [0.25, 0.3) is 0 Å². The predicted molar refractivity (Wildman–Crippen MR) is 75.8 cm³/mol. The van der Waals surface area contributed by atoms with Crippen LogP contribution in [0.4, 0.5) is 5.69 Å². The number of hydrogen-bond acceptors (Lipinski definition) is 2. The first kappa shape index (κ1) is 12.7. The predicted octanol–water partition coefficient (Wildman–Crippen LogP) is 4.59. The maximum Gasteiger partial charge on any atom is 0.122 e. The van der Waals surface area contributed by atoms with Crippen LogP contribution in [-0.2, 0) is 0 Å². The van der Waals surface area contributed by atoms with Crippen molar-refractivity contribution in [2.75, 3.05) is 12.4 Å². The highest BCUT2D eigenvalue weighted by Gasteiger charge is 2.12. The monoisotopic (exact) mass is 297 g/mol. The quantitative estimate of drug-likeness (QED) is 0.824. The molecule has 1 aromatic rings. The molecule has 2 rings (SSSR count). The van der Waals surface area contributed by atoms with Gasteiger partial charge in [-0.3, -0.25) is 0 Å². The Balaban J connectivity index is 2.03. The molecule has 1 aliphatic carbocycles. The third-order valence-corrected chi connectivity index (χ3v) is 3.79. The molecule has 1 aliphatic rings. The third-order valence-electron chi connectivity index (χ3n) is 3.33. The SMILES string of the molecule is COc1cc(Br)cc(NC2CCCCCC2)c1. The number of methoxy groups -OCH3 is 1. The van der Waals surface area contributed by atoms with Crippen molar-refractivity contribution in [3.8, 4) is 5.75 Å². The lowest BCUT2D eigenvalue weighted by Gasteiger charge is -2.18. The molecule has 0 atom stereocenters. The minimum Gasteiger partial charge on any atom is -0.497 e. The second-order valence-electron chi connectivity index (χ2n) is 4.71. The van der Waals surface area contributed by atoms with Crippen LogP contribution in [0, 0.1) is 0 Å². The number of anilines is 1. The van der Waals surface area contributed by atoms with Gasteiger partial charge in [0.05, 0.1) is 7.11 Å². The normalized spacial score (nSPS) is 17.5. The standard InChI is InChI=1S/C14H20BrNO/c1-17-14-9-11(15)8-13(10-14)16-12-6-4-2-3-5-7-12/h8-10,12,16H,2-7H2,1H3. The molecule has 1 aromatic carbocycles. The Morgan fingerprint density at radius 1 is 1.12 bits per heavy atom. The Kier molecular flexibility index (Phi) is 4.72. The highest BCUT2D eigenvalue weighted by Crippen LogP contribution is 2.27. The molecular weight excluding hydrogens is 278 g/mol. The van der Waals surface area contributed by atoms with Crippen LogP contribution in [0.15, 0.2) is 22.7 Å². The second-order valence-corrected chi connectivity index (χ2v) is 5.63. The van der Waals surface area contributed by atoms with E-state index in [2.05, 4.69) is 33.4 Å². The average molecular weight is 298 g/mol. The lowest BCUT2D eigenvalue weighted by molar-refractivity contribution is 0.414. The van der Waals surface area contributed by atoms with Crippen molar-refractivity contribution in [2.24, 2.45) is 0 Å². The molecule has 94 valence electrons. The fourth-order valence-electron chi connectivity index (χ4n) is 2.42. The number of halogens is 1. The molecule has 0 aromatic heterocycles. The molecule has 0 unspecified atom stereocenters. The minimum absolute atomic E-state index is 0.622. The molecule has 1 fully saturated rings. The van der Waals surface area contributed by atoms with Gasteiger partial charge in [-0.1, -0.05) is 41.6 Å². The molecule has 1 N–H and O–H groups in total. The summed E-state index contributed by atoms with van der Waals surface area (Å²) in [5.74, 6) is 0.899. The molecule has 17 heavy (non-hydrogen) atoms. The number of ether oxygens (including phenoxy) is 1. The second kappa shape index (κ2) is 6.29. The van der Waals surface area contributed by atoms with Crippen LogP contribution < -0.4 is 10.1 Å². The van der Waals surface area contributed by atoms with Gasteiger partial charge < -0.3 is 10.1 Å². The zero-order valence-corrected chi connectivity index (χ0v) is 11.9. The minimum atomic E-state index is 0.622. The van der Waals surface area contributed by atoms with E-state index in [1.807, 2.05) is 6.07 Å². The molecule has 0 amide bonds. The van der Waals surface area contributed by atoms with Crippen molar-refractivity contribution in [1.82, 2.24) is 0 Å². The summed E-state index contributed by atoms with van der Waals surface area (Å²) in [7, 11) is 1.71. The largest absolute Gasteiger partial charge is 0.497 e. The molecular formula is C14H20BrNO. The molecule has 0 aliphatic heterocycles. The van der Waals surface area contributed by atoms with Crippen molar-refractivity contribution in [1.29, 1.82) is 0 Å². The lowest BCUT2D eigenvalue weighted by Crippen LogP contribution is -2.18. The summed E-state index contributed by atoms with van der Waals surface area (Å²) < 4.78 is 6.34. The molecule has 0 heterocycles. The topological polar surface area (TPSA) is 21.3 Å².